The number of hydrogen-bond acceptors (Lipinski definition) is 3. The number of nitrogens with one attached hydrogen (secondary N) is 1. The molecule has 2 aromatic carbocycles. The normalized spacial score (nSPS) is 10.0. The van der Waals surface area contributed by atoms with Gasteiger partial charge in [0, 0.05) is 11.4 Å². The highest BCUT2D eigenvalue weighted by Crippen LogP contribution is 2.19. The summed E-state index contributed by atoms with van der Waals surface area (Å²) in [5.41, 5.74) is 7.59. The number of carbonyl (C=O) groups is 1. The van der Waals surface area contributed by atoms with E-state index in [9.17, 15) is 9.90 Å². The molecule has 0 heterocycles. The number of phenols is 1. The first kappa shape index (κ1) is 12.0. The lowest BCUT2D eigenvalue weighted by atomic mass is 10.1. The Morgan fingerprint density at radius 1 is 1.17 bits per heavy atom. The Morgan fingerprint density at radius 3 is 2.61 bits per heavy atom. The van der Waals surface area contributed by atoms with Gasteiger partial charge in [-0.05, 0) is 35.9 Å². The van der Waals surface area contributed by atoms with E-state index in [1.807, 2.05) is 30.3 Å². The summed E-state index contributed by atoms with van der Waals surface area (Å²) in [7, 11) is 0. The van der Waals surface area contributed by atoms with Crippen molar-refractivity contribution < 1.29 is 9.90 Å². The molecular weight excluding hydrogens is 228 g/mol. The number of aromatic hydroxyl groups is 1. The number of phenolic OH excluding ortho intramolecular Hbond substituents is 1. The van der Waals surface area contributed by atoms with Gasteiger partial charge in [0.25, 0.3) is 0 Å². The van der Waals surface area contributed by atoms with Crippen LogP contribution >= 0.6 is 0 Å². The van der Waals surface area contributed by atoms with E-state index in [2.05, 4.69) is 5.32 Å². The van der Waals surface area contributed by atoms with E-state index in [-0.39, 0.29) is 18.1 Å². The predicted molar refractivity (Wildman–Crippen MR) is 71.3 cm³/mol. The van der Waals surface area contributed by atoms with Crippen LogP contribution in [0.4, 0.5) is 11.4 Å². The van der Waals surface area contributed by atoms with Gasteiger partial charge in [0.1, 0.15) is 5.75 Å². The maximum absolute atomic E-state index is 11.8. The highest BCUT2D eigenvalue weighted by atomic mass is 16.3. The minimum Gasteiger partial charge on any atom is -0.508 e. The van der Waals surface area contributed by atoms with Crippen LogP contribution in [-0.2, 0) is 11.2 Å². The molecule has 0 radical (unpaired) electrons. The third-order valence-electron chi connectivity index (χ3n) is 2.54. The molecule has 0 unspecified atom stereocenters. The Bertz CT molecular complexity index is 553. The van der Waals surface area contributed by atoms with Crippen molar-refractivity contribution >= 4 is 17.3 Å². The molecule has 0 bridgehead atoms. The molecule has 18 heavy (non-hydrogen) atoms. The van der Waals surface area contributed by atoms with Crippen LogP contribution in [-0.4, -0.2) is 11.0 Å². The second-order valence-electron chi connectivity index (χ2n) is 3.97. The van der Waals surface area contributed by atoms with Crippen molar-refractivity contribution in [3.63, 3.8) is 0 Å². The van der Waals surface area contributed by atoms with Crippen LogP contribution in [0.25, 0.3) is 0 Å². The van der Waals surface area contributed by atoms with E-state index in [1.165, 1.54) is 12.1 Å². The van der Waals surface area contributed by atoms with Gasteiger partial charge < -0.3 is 16.2 Å². The average Bonchev–Trinajstić information content (AvgIpc) is 2.35. The minimum absolute atomic E-state index is 0.103. The fourth-order valence-corrected chi connectivity index (χ4v) is 1.64. The number of carbonyl (C=O) groups excluding carboxylic acids is 1. The number of rotatable bonds is 3. The molecule has 1 amide bonds. The lowest BCUT2D eigenvalue weighted by Gasteiger charge is -2.07. The Morgan fingerprint density at radius 2 is 1.89 bits per heavy atom. The summed E-state index contributed by atoms with van der Waals surface area (Å²) >= 11 is 0. The van der Waals surface area contributed by atoms with Gasteiger partial charge in [0.2, 0.25) is 5.91 Å². The van der Waals surface area contributed by atoms with Crippen LogP contribution in [0.3, 0.4) is 0 Å². The maximum atomic E-state index is 11.8. The Labute approximate surface area is 105 Å². The quantitative estimate of drug-likeness (QED) is 0.570. The summed E-state index contributed by atoms with van der Waals surface area (Å²) < 4.78 is 0. The Balaban J connectivity index is 2.05. The van der Waals surface area contributed by atoms with Gasteiger partial charge in [-0.25, -0.2) is 0 Å². The van der Waals surface area contributed by atoms with Gasteiger partial charge >= 0.3 is 0 Å². The SMILES string of the molecule is Nc1ccc(O)cc1CC(=O)Nc1ccccc1. The van der Waals surface area contributed by atoms with E-state index < -0.39 is 0 Å². The molecule has 0 saturated carbocycles. The number of para-hydroxylation sites is 1. The van der Waals surface area contributed by atoms with Crippen molar-refractivity contribution in [2.45, 2.75) is 6.42 Å². The van der Waals surface area contributed by atoms with Crippen LogP contribution in [0.15, 0.2) is 48.5 Å². The summed E-state index contributed by atoms with van der Waals surface area (Å²) in [5, 5.41) is 12.1. The summed E-state index contributed by atoms with van der Waals surface area (Å²) in [6.45, 7) is 0. The molecule has 0 aromatic heterocycles. The van der Waals surface area contributed by atoms with Crippen molar-refractivity contribution in [2.24, 2.45) is 0 Å². The average molecular weight is 242 g/mol. The van der Waals surface area contributed by atoms with Gasteiger partial charge in [0.05, 0.1) is 6.42 Å². The molecule has 4 heteroatoms. The number of hydrogen-bond donors (Lipinski definition) is 3. The zero-order valence-corrected chi connectivity index (χ0v) is 9.76. The first-order valence-electron chi connectivity index (χ1n) is 5.57. The lowest BCUT2D eigenvalue weighted by molar-refractivity contribution is -0.115. The van der Waals surface area contributed by atoms with E-state index >= 15 is 0 Å². The van der Waals surface area contributed by atoms with Gasteiger partial charge in [0.15, 0.2) is 0 Å². The summed E-state index contributed by atoms with van der Waals surface area (Å²) in [5.74, 6) is -0.0646. The second-order valence-corrected chi connectivity index (χ2v) is 3.97. The zero-order valence-electron chi connectivity index (χ0n) is 9.76. The van der Waals surface area contributed by atoms with Crippen molar-refractivity contribution in [1.82, 2.24) is 0 Å². The molecule has 0 spiro atoms. The largest absolute Gasteiger partial charge is 0.508 e. The zero-order chi connectivity index (χ0) is 13.0. The van der Waals surface area contributed by atoms with Gasteiger partial charge in [-0.15, -0.1) is 0 Å². The van der Waals surface area contributed by atoms with Crippen LogP contribution in [0.5, 0.6) is 5.75 Å². The van der Waals surface area contributed by atoms with Crippen molar-refractivity contribution in [3.05, 3.63) is 54.1 Å². The molecule has 2 rings (SSSR count). The molecule has 0 fully saturated rings. The van der Waals surface area contributed by atoms with Crippen LogP contribution in [0, 0.1) is 0 Å². The molecule has 4 N–H and O–H groups in total. The Hall–Kier alpha value is -2.49. The number of amides is 1. The molecule has 2 aromatic rings. The van der Waals surface area contributed by atoms with Crippen LogP contribution < -0.4 is 11.1 Å². The Kier molecular flexibility index (Phi) is 3.48. The summed E-state index contributed by atoms with van der Waals surface area (Å²) in [6.07, 6.45) is 0.134. The molecule has 0 aliphatic heterocycles. The van der Waals surface area contributed by atoms with Crippen LogP contribution in [0.2, 0.25) is 0 Å². The minimum atomic E-state index is -0.168. The van der Waals surface area contributed by atoms with Gasteiger partial charge in [-0.1, -0.05) is 18.2 Å². The molecule has 4 nitrogen and oxygen atoms in total. The van der Waals surface area contributed by atoms with Crippen LogP contribution in [0.1, 0.15) is 5.56 Å². The van der Waals surface area contributed by atoms with Gasteiger partial charge in [-0.3, -0.25) is 4.79 Å². The van der Waals surface area contributed by atoms with E-state index in [1.54, 1.807) is 6.07 Å². The maximum Gasteiger partial charge on any atom is 0.228 e. The summed E-state index contributed by atoms with van der Waals surface area (Å²) in [4.78, 5) is 11.8. The van der Waals surface area contributed by atoms with E-state index in [0.717, 1.165) is 5.69 Å². The topological polar surface area (TPSA) is 75.3 Å². The standard InChI is InChI=1S/C14H14N2O2/c15-13-7-6-12(17)8-10(13)9-14(18)16-11-4-2-1-3-5-11/h1-8,17H,9,15H2,(H,16,18). The number of nitrogens with two attached hydrogens (primary N) is 1. The molecular formula is C14H14N2O2. The third-order valence-corrected chi connectivity index (χ3v) is 2.54. The second kappa shape index (κ2) is 5.23. The van der Waals surface area contributed by atoms with Crippen molar-refractivity contribution in [2.75, 3.05) is 11.1 Å². The fraction of sp³-hybridized carbons (Fsp3) is 0.0714. The first-order valence-corrected chi connectivity index (χ1v) is 5.57. The molecule has 0 atom stereocenters. The summed E-state index contributed by atoms with van der Waals surface area (Å²) in [6, 6.07) is 13.8. The smallest absolute Gasteiger partial charge is 0.228 e. The van der Waals surface area contributed by atoms with E-state index in [0.29, 0.717) is 11.3 Å². The first-order chi connectivity index (χ1) is 8.65. The molecule has 0 aliphatic carbocycles. The molecule has 0 aliphatic rings. The fourth-order valence-electron chi connectivity index (χ4n) is 1.64. The number of anilines is 2. The predicted octanol–water partition coefficient (Wildman–Crippen LogP) is 2.16. The molecule has 0 saturated heterocycles. The third kappa shape index (κ3) is 3.01. The monoisotopic (exact) mass is 242 g/mol. The van der Waals surface area contributed by atoms with Crippen molar-refractivity contribution in [3.8, 4) is 5.75 Å². The highest BCUT2D eigenvalue weighted by molar-refractivity contribution is 5.93. The molecule has 92 valence electrons. The number of nitrogen functional groups attached to an aromatic ring is 1. The number of benzene rings is 2. The van der Waals surface area contributed by atoms with Crippen molar-refractivity contribution in [1.29, 1.82) is 0 Å². The van der Waals surface area contributed by atoms with E-state index in [4.69, 9.17) is 5.73 Å². The lowest BCUT2D eigenvalue weighted by Crippen LogP contribution is -2.15. The highest BCUT2D eigenvalue weighted by Gasteiger charge is 2.07. The van der Waals surface area contributed by atoms with Gasteiger partial charge in [-0.2, -0.15) is 0 Å².